The highest BCUT2D eigenvalue weighted by Crippen LogP contribution is 2.30. The van der Waals surface area contributed by atoms with E-state index in [9.17, 15) is 14.4 Å². The quantitative estimate of drug-likeness (QED) is 0.339. The molecule has 9 heteroatoms. The minimum absolute atomic E-state index is 0.147. The molecule has 0 saturated carbocycles. The van der Waals surface area contributed by atoms with Crippen molar-refractivity contribution in [1.82, 2.24) is 20.3 Å². The summed E-state index contributed by atoms with van der Waals surface area (Å²) in [5, 5.41) is 11.4. The van der Waals surface area contributed by atoms with Crippen molar-refractivity contribution in [2.45, 2.75) is 52.2 Å². The maximum absolute atomic E-state index is 14.1. The predicted octanol–water partition coefficient (Wildman–Crippen LogP) is 4.47. The van der Waals surface area contributed by atoms with Crippen LogP contribution in [0.5, 0.6) is 0 Å². The van der Waals surface area contributed by atoms with Crippen LogP contribution in [0.2, 0.25) is 0 Å². The molecule has 0 radical (unpaired) electrons. The van der Waals surface area contributed by atoms with Gasteiger partial charge in [0.2, 0.25) is 11.8 Å². The lowest BCUT2D eigenvalue weighted by Crippen LogP contribution is -2.50. The Morgan fingerprint density at radius 2 is 1.64 bits per heavy atom. The molecule has 39 heavy (non-hydrogen) atoms. The van der Waals surface area contributed by atoms with E-state index in [-0.39, 0.29) is 18.4 Å². The van der Waals surface area contributed by atoms with Crippen LogP contribution in [0.4, 0.5) is 5.69 Å². The Kier molecular flexibility index (Phi) is 8.09. The molecule has 2 amide bonds. The molecule has 1 unspecified atom stereocenters. The zero-order valence-corrected chi connectivity index (χ0v) is 22.8. The molecule has 1 atom stereocenters. The summed E-state index contributed by atoms with van der Waals surface area (Å²) in [6.45, 7) is 7.58. The number of aryl methyl sites for hydroxylation is 1. The number of rotatable bonds is 8. The fraction of sp³-hybridized carbons (Fsp3) is 0.300. The molecule has 0 aliphatic carbocycles. The molecule has 0 fully saturated rings. The van der Waals surface area contributed by atoms with Crippen molar-refractivity contribution in [2.75, 3.05) is 12.0 Å². The Morgan fingerprint density at radius 1 is 0.974 bits per heavy atom. The molecule has 3 aromatic carbocycles. The van der Waals surface area contributed by atoms with Crippen LogP contribution in [0.3, 0.4) is 0 Å². The summed E-state index contributed by atoms with van der Waals surface area (Å²) in [5.41, 5.74) is 3.38. The summed E-state index contributed by atoms with van der Waals surface area (Å²) in [4.78, 5) is 41.5. The third-order valence-corrected chi connectivity index (χ3v) is 6.25. The number of carbonyl (C=O) groups excluding carboxylic acids is 3. The molecule has 0 aliphatic heterocycles. The van der Waals surface area contributed by atoms with Crippen LogP contribution in [0, 0.1) is 0 Å². The Labute approximate surface area is 227 Å². The average Bonchev–Trinajstić information content (AvgIpc) is 3.33. The van der Waals surface area contributed by atoms with Gasteiger partial charge in [0, 0.05) is 11.2 Å². The number of nitrogens with one attached hydrogen (secondary N) is 1. The molecular formula is C30H33N5O4. The number of carbonyl (C=O) groups is 3. The van der Waals surface area contributed by atoms with Crippen LogP contribution < -0.4 is 10.2 Å². The van der Waals surface area contributed by atoms with Crippen molar-refractivity contribution in [2.24, 2.45) is 0 Å². The van der Waals surface area contributed by atoms with Gasteiger partial charge in [-0.25, -0.2) is 9.48 Å². The summed E-state index contributed by atoms with van der Waals surface area (Å²) in [7, 11) is 1.31. The van der Waals surface area contributed by atoms with E-state index in [4.69, 9.17) is 4.74 Å². The molecule has 0 spiro atoms. The van der Waals surface area contributed by atoms with E-state index in [2.05, 4.69) is 22.6 Å². The van der Waals surface area contributed by atoms with E-state index in [1.807, 2.05) is 69.3 Å². The summed E-state index contributed by atoms with van der Waals surface area (Å²) in [5.74, 6) is -1.20. The van der Waals surface area contributed by atoms with E-state index in [1.54, 1.807) is 24.3 Å². The summed E-state index contributed by atoms with van der Waals surface area (Å²) >= 11 is 0. The van der Waals surface area contributed by atoms with Gasteiger partial charge in [-0.2, -0.15) is 0 Å². The molecule has 0 bridgehead atoms. The van der Waals surface area contributed by atoms with Gasteiger partial charge in [0.15, 0.2) is 0 Å². The van der Waals surface area contributed by atoms with Crippen molar-refractivity contribution in [3.05, 3.63) is 89.5 Å². The van der Waals surface area contributed by atoms with Crippen molar-refractivity contribution >= 4 is 34.5 Å². The second kappa shape index (κ2) is 11.5. The lowest BCUT2D eigenvalue weighted by Gasteiger charge is -2.34. The SMILES string of the molecule is CCc1ccc(C(C(=O)NC(C)(C)C)N(C(=O)Cn2nnc3ccccc32)c2ccc(C(=O)OC)cc2)cc1. The summed E-state index contributed by atoms with van der Waals surface area (Å²) in [6.07, 6.45) is 0.843. The van der Waals surface area contributed by atoms with E-state index in [1.165, 1.54) is 16.7 Å². The number of ether oxygens (including phenoxy) is 1. The van der Waals surface area contributed by atoms with Crippen LogP contribution in [0.15, 0.2) is 72.8 Å². The molecule has 0 aliphatic rings. The summed E-state index contributed by atoms with van der Waals surface area (Å²) < 4.78 is 6.34. The fourth-order valence-electron chi connectivity index (χ4n) is 4.34. The van der Waals surface area contributed by atoms with E-state index >= 15 is 0 Å². The second-order valence-corrected chi connectivity index (χ2v) is 10.3. The number of para-hydroxylation sites is 1. The lowest BCUT2D eigenvalue weighted by molar-refractivity contribution is -0.128. The Hall–Kier alpha value is -4.53. The fourth-order valence-corrected chi connectivity index (χ4v) is 4.34. The first-order valence-electron chi connectivity index (χ1n) is 12.8. The molecule has 1 heterocycles. The van der Waals surface area contributed by atoms with E-state index in [0.29, 0.717) is 27.8 Å². The third-order valence-electron chi connectivity index (χ3n) is 6.25. The van der Waals surface area contributed by atoms with Crippen molar-refractivity contribution in [3.8, 4) is 0 Å². The van der Waals surface area contributed by atoms with Gasteiger partial charge < -0.3 is 10.1 Å². The number of nitrogens with zero attached hydrogens (tertiary/aromatic N) is 4. The van der Waals surface area contributed by atoms with E-state index in [0.717, 1.165) is 12.0 Å². The second-order valence-electron chi connectivity index (χ2n) is 10.3. The number of benzene rings is 3. The number of amides is 2. The minimum Gasteiger partial charge on any atom is -0.465 e. The van der Waals surface area contributed by atoms with Gasteiger partial charge in [-0.3, -0.25) is 14.5 Å². The van der Waals surface area contributed by atoms with E-state index < -0.39 is 17.6 Å². The monoisotopic (exact) mass is 527 g/mol. The Morgan fingerprint density at radius 3 is 2.26 bits per heavy atom. The van der Waals surface area contributed by atoms with Crippen molar-refractivity contribution in [3.63, 3.8) is 0 Å². The predicted molar refractivity (Wildman–Crippen MR) is 149 cm³/mol. The number of fused-ring (bicyclic) bond motifs is 1. The maximum atomic E-state index is 14.1. The zero-order valence-electron chi connectivity index (χ0n) is 22.8. The van der Waals surface area contributed by atoms with Crippen LogP contribution in [0.25, 0.3) is 11.0 Å². The molecule has 0 saturated heterocycles. The maximum Gasteiger partial charge on any atom is 0.337 e. The van der Waals surface area contributed by atoms with Gasteiger partial charge >= 0.3 is 5.97 Å². The van der Waals surface area contributed by atoms with Gasteiger partial charge in [-0.05, 0) is 74.7 Å². The number of anilines is 1. The smallest absolute Gasteiger partial charge is 0.337 e. The molecule has 4 rings (SSSR count). The average molecular weight is 528 g/mol. The standard InChI is InChI=1S/C30H33N5O4/c1-6-20-11-13-21(14-12-20)27(28(37)31-30(2,3)4)35(23-17-15-22(16-18-23)29(38)39-5)26(36)19-34-25-10-8-7-9-24(25)32-33-34/h7-18,27H,6,19H2,1-5H3,(H,31,37). The summed E-state index contributed by atoms with van der Waals surface area (Å²) in [6, 6.07) is 20.5. The number of esters is 1. The highest BCUT2D eigenvalue weighted by atomic mass is 16.5. The minimum atomic E-state index is -0.985. The number of hydrogen-bond acceptors (Lipinski definition) is 6. The van der Waals surface area contributed by atoms with Crippen LogP contribution in [-0.4, -0.2) is 45.4 Å². The highest BCUT2D eigenvalue weighted by molar-refractivity contribution is 6.02. The van der Waals surface area contributed by atoms with Gasteiger partial charge in [0.05, 0.1) is 18.2 Å². The van der Waals surface area contributed by atoms with Crippen LogP contribution >= 0.6 is 0 Å². The largest absolute Gasteiger partial charge is 0.465 e. The van der Waals surface area contributed by atoms with Crippen molar-refractivity contribution < 1.29 is 19.1 Å². The first-order chi connectivity index (χ1) is 18.6. The zero-order chi connectivity index (χ0) is 28.2. The lowest BCUT2D eigenvalue weighted by atomic mass is 9.99. The topological polar surface area (TPSA) is 106 Å². The van der Waals surface area contributed by atoms with Gasteiger partial charge in [0.25, 0.3) is 0 Å². The van der Waals surface area contributed by atoms with Crippen LogP contribution in [-0.2, 0) is 27.3 Å². The first-order valence-corrected chi connectivity index (χ1v) is 12.8. The number of aromatic nitrogens is 3. The number of methoxy groups -OCH3 is 1. The van der Waals surface area contributed by atoms with Crippen molar-refractivity contribution in [1.29, 1.82) is 0 Å². The molecule has 1 aromatic heterocycles. The van der Waals surface area contributed by atoms with Gasteiger partial charge in [-0.1, -0.05) is 48.5 Å². The van der Waals surface area contributed by atoms with Gasteiger partial charge in [0.1, 0.15) is 18.1 Å². The Balaban J connectivity index is 1.83. The molecule has 1 N–H and O–H groups in total. The normalized spacial score (nSPS) is 12.1. The number of hydrogen-bond donors (Lipinski definition) is 1. The Bertz CT molecular complexity index is 1470. The molecular weight excluding hydrogens is 494 g/mol. The van der Waals surface area contributed by atoms with Crippen LogP contribution in [0.1, 0.15) is 55.2 Å². The first kappa shape index (κ1) is 27.5. The molecule has 202 valence electrons. The third kappa shape index (κ3) is 6.31. The van der Waals surface area contributed by atoms with Gasteiger partial charge in [-0.15, -0.1) is 5.10 Å². The molecule has 4 aromatic rings. The highest BCUT2D eigenvalue weighted by Gasteiger charge is 2.35. The molecule has 9 nitrogen and oxygen atoms in total.